The number of piperidine rings is 1. The number of nitrogens with one attached hydrogen (secondary N) is 1. The molecule has 0 spiro atoms. The lowest BCUT2D eigenvalue weighted by atomic mass is 10.0. The number of fused-ring (bicyclic) bond motifs is 1. The second kappa shape index (κ2) is 8.18. The summed E-state index contributed by atoms with van der Waals surface area (Å²) in [6.07, 6.45) is 4.88. The third-order valence-electron chi connectivity index (χ3n) is 5.38. The molecule has 2 aliphatic heterocycles. The summed E-state index contributed by atoms with van der Waals surface area (Å²) in [5, 5.41) is 7.79. The van der Waals surface area contributed by atoms with E-state index in [0.717, 1.165) is 24.2 Å². The molecule has 2 aliphatic rings. The number of nitrogens with zero attached hydrogens (tertiary/aromatic N) is 5. The number of carbonyl (C=O) groups excluding carboxylic acids is 1. The number of alkyl halides is 2. The fourth-order valence-corrected chi connectivity index (χ4v) is 3.87. The van der Waals surface area contributed by atoms with Crippen LogP contribution in [0.3, 0.4) is 0 Å². The van der Waals surface area contributed by atoms with Crippen LogP contribution in [-0.2, 0) is 9.47 Å². The number of hydrogen-bond donors (Lipinski definition) is 1. The van der Waals surface area contributed by atoms with Gasteiger partial charge in [0.05, 0.1) is 24.2 Å². The minimum absolute atomic E-state index is 0.0532. The highest BCUT2D eigenvalue weighted by Crippen LogP contribution is 2.33. The molecule has 0 aromatic carbocycles. The Labute approximate surface area is 179 Å². The largest absolute Gasteiger partial charge is 0.444 e. The van der Waals surface area contributed by atoms with E-state index < -0.39 is 30.2 Å². The molecule has 2 fully saturated rings. The third-order valence-corrected chi connectivity index (χ3v) is 5.38. The van der Waals surface area contributed by atoms with E-state index in [1.54, 1.807) is 31.6 Å². The SMILES string of the molecule is CC(C)(C)OC(=O)N1CC[C@H](Nc2ncnc3c2cnn3C2CCCCO2)C(F)(F)C1. The summed E-state index contributed by atoms with van der Waals surface area (Å²) in [5.41, 5.74) is -0.199. The van der Waals surface area contributed by atoms with Crippen molar-refractivity contribution in [3.8, 4) is 0 Å². The van der Waals surface area contributed by atoms with Gasteiger partial charge in [-0.3, -0.25) is 0 Å². The van der Waals surface area contributed by atoms with Gasteiger partial charge in [0.1, 0.15) is 17.7 Å². The maximum Gasteiger partial charge on any atom is 0.410 e. The first-order chi connectivity index (χ1) is 14.6. The maximum absolute atomic E-state index is 14.9. The van der Waals surface area contributed by atoms with Crippen molar-refractivity contribution >= 4 is 22.9 Å². The standard InChI is InChI=1S/C20H28F2N6O3/c1-19(2,3)31-18(29)27-8-7-14(20(21,22)11-27)26-16-13-10-25-28(17(13)24-12-23-16)15-6-4-5-9-30-15/h10,12,14-15H,4-9,11H2,1-3H3,(H,23,24,26)/t14-,15?/m0/s1. The van der Waals surface area contributed by atoms with Gasteiger partial charge in [0, 0.05) is 13.2 Å². The lowest BCUT2D eigenvalue weighted by Gasteiger charge is -2.39. The first kappa shape index (κ1) is 21.7. The minimum atomic E-state index is -3.16. The highest BCUT2D eigenvalue weighted by atomic mass is 19.3. The van der Waals surface area contributed by atoms with Crippen LogP contribution in [0.4, 0.5) is 19.4 Å². The van der Waals surface area contributed by atoms with E-state index in [0.29, 0.717) is 23.5 Å². The van der Waals surface area contributed by atoms with Crippen molar-refractivity contribution in [2.45, 2.75) is 70.2 Å². The monoisotopic (exact) mass is 438 g/mol. The molecule has 1 N–H and O–H groups in total. The zero-order valence-corrected chi connectivity index (χ0v) is 18.0. The Kier molecular flexibility index (Phi) is 5.71. The highest BCUT2D eigenvalue weighted by Gasteiger charge is 2.47. The Morgan fingerprint density at radius 3 is 2.77 bits per heavy atom. The molecule has 0 bridgehead atoms. The summed E-state index contributed by atoms with van der Waals surface area (Å²) in [4.78, 5) is 21.7. The number of amides is 1. The van der Waals surface area contributed by atoms with Crippen LogP contribution in [0.1, 0.15) is 52.7 Å². The van der Waals surface area contributed by atoms with Gasteiger partial charge in [0.2, 0.25) is 0 Å². The summed E-state index contributed by atoms with van der Waals surface area (Å²) >= 11 is 0. The number of hydrogen-bond acceptors (Lipinski definition) is 7. The fraction of sp³-hybridized carbons (Fsp3) is 0.700. The molecule has 11 heteroatoms. The first-order valence-electron chi connectivity index (χ1n) is 10.6. The van der Waals surface area contributed by atoms with Gasteiger partial charge in [-0.25, -0.2) is 28.2 Å². The molecule has 4 rings (SSSR count). The molecule has 2 saturated heterocycles. The van der Waals surface area contributed by atoms with Crippen LogP contribution in [0.25, 0.3) is 11.0 Å². The third kappa shape index (κ3) is 4.70. The quantitative estimate of drug-likeness (QED) is 0.783. The van der Waals surface area contributed by atoms with Crippen molar-refractivity contribution in [2.75, 3.05) is 25.0 Å². The van der Waals surface area contributed by atoms with Gasteiger partial charge < -0.3 is 19.7 Å². The summed E-state index contributed by atoms with van der Waals surface area (Å²) in [7, 11) is 0. The molecule has 0 saturated carbocycles. The van der Waals surface area contributed by atoms with Gasteiger partial charge >= 0.3 is 6.09 Å². The topological polar surface area (TPSA) is 94.4 Å². The van der Waals surface area contributed by atoms with Crippen molar-refractivity contribution in [2.24, 2.45) is 0 Å². The van der Waals surface area contributed by atoms with Crippen LogP contribution >= 0.6 is 0 Å². The van der Waals surface area contributed by atoms with E-state index in [1.165, 1.54) is 6.33 Å². The number of aromatic nitrogens is 4. The van der Waals surface area contributed by atoms with E-state index in [-0.39, 0.29) is 19.2 Å². The lowest BCUT2D eigenvalue weighted by Crippen LogP contribution is -2.56. The molecular weight excluding hydrogens is 410 g/mol. The first-order valence-corrected chi connectivity index (χ1v) is 10.6. The molecule has 2 aromatic heterocycles. The highest BCUT2D eigenvalue weighted by molar-refractivity contribution is 5.86. The van der Waals surface area contributed by atoms with Crippen molar-refractivity contribution < 1.29 is 23.0 Å². The summed E-state index contributed by atoms with van der Waals surface area (Å²) in [6, 6.07) is -1.18. The van der Waals surface area contributed by atoms with Gasteiger partial charge in [-0.2, -0.15) is 5.10 Å². The zero-order valence-electron chi connectivity index (χ0n) is 18.0. The maximum atomic E-state index is 14.9. The molecule has 31 heavy (non-hydrogen) atoms. The second-order valence-corrected chi connectivity index (χ2v) is 9.02. The van der Waals surface area contributed by atoms with Gasteiger partial charge in [-0.05, 0) is 46.5 Å². The number of ether oxygens (including phenoxy) is 2. The average Bonchev–Trinajstić information content (AvgIpc) is 3.13. The smallest absolute Gasteiger partial charge is 0.410 e. The lowest BCUT2D eigenvalue weighted by molar-refractivity contribution is -0.0770. The predicted molar refractivity (Wildman–Crippen MR) is 109 cm³/mol. The van der Waals surface area contributed by atoms with Crippen molar-refractivity contribution in [1.29, 1.82) is 0 Å². The van der Waals surface area contributed by atoms with Crippen LogP contribution in [-0.4, -0.2) is 68.0 Å². The van der Waals surface area contributed by atoms with E-state index in [9.17, 15) is 13.6 Å². The number of carbonyl (C=O) groups is 1. The van der Waals surface area contributed by atoms with Crippen LogP contribution in [0.2, 0.25) is 0 Å². The summed E-state index contributed by atoms with van der Waals surface area (Å²) < 4.78 is 42.5. The Balaban J connectivity index is 1.49. The number of anilines is 1. The van der Waals surface area contributed by atoms with Gasteiger partial charge in [-0.15, -0.1) is 0 Å². The molecular formula is C20H28F2N6O3. The average molecular weight is 438 g/mol. The minimum Gasteiger partial charge on any atom is -0.444 e. The van der Waals surface area contributed by atoms with Crippen LogP contribution in [0.15, 0.2) is 12.5 Å². The number of likely N-dealkylation sites (tertiary alicyclic amines) is 1. The van der Waals surface area contributed by atoms with E-state index in [2.05, 4.69) is 20.4 Å². The molecule has 2 atom stereocenters. The zero-order chi connectivity index (χ0) is 22.2. The van der Waals surface area contributed by atoms with E-state index in [1.807, 2.05) is 0 Å². The van der Waals surface area contributed by atoms with E-state index >= 15 is 0 Å². The summed E-state index contributed by atoms with van der Waals surface area (Å²) in [6.45, 7) is 5.21. The van der Waals surface area contributed by atoms with Crippen LogP contribution in [0.5, 0.6) is 0 Å². The Morgan fingerprint density at radius 1 is 1.29 bits per heavy atom. The molecule has 0 radical (unpaired) electrons. The van der Waals surface area contributed by atoms with Crippen molar-refractivity contribution in [3.05, 3.63) is 12.5 Å². The molecule has 1 amide bonds. The van der Waals surface area contributed by atoms with E-state index in [4.69, 9.17) is 9.47 Å². The number of rotatable bonds is 3. The molecule has 4 heterocycles. The van der Waals surface area contributed by atoms with Gasteiger partial charge in [-0.1, -0.05) is 0 Å². The fourth-order valence-electron chi connectivity index (χ4n) is 3.87. The second-order valence-electron chi connectivity index (χ2n) is 9.02. The van der Waals surface area contributed by atoms with Gasteiger partial charge in [0.25, 0.3) is 5.92 Å². The molecule has 170 valence electrons. The molecule has 2 aromatic rings. The Bertz CT molecular complexity index is 939. The Morgan fingerprint density at radius 2 is 2.10 bits per heavy atom. The molecule has 9 nitrogen and oxygen atoms in total. The van der Waals surface area contributed by atoms with Gasteiger partial charge in [0.15, 0.2) is 11.9 Å². The number of halogens is 2. The summed E-state index contributed by atoms with van der Waals surface area (Å²) in [5.74, 6) is -2.86. The Hall–Kier alpha value is -2.56. The predicted octanol–water partition coefficient (Wildman–Crippen LogP) is 3.58. The van der Waals surface area contributed by atoms with Crippen molar-refractivity contribution in [3.63, 3.8) is 0 Å². The molecule has 1 unspecified atom stereocenters. The normalized spacial score (nSPS) is 24.2. The van der Waals surface area contributed by atoms with Crippen LogP contribution in [0, 0.1) is 0 Å². The molecule has 0 aliphatic carbocycles. The van der Waals surface area contributed by atoms with Crippen LogP contribution < -0.4 is 5.32 Å². The van der Waals surface area contributed by atoms with Crippen molar-refractivity contribution in [1.82, 2.24) is 24.6 Å².